The molecule has 1 saturated heterocycles. The Balaban J connectivity index is 0.00000192. The van der Waals surface area contributed by atoms with Crippen LogP contribution in [0.5, 0.6) is 5.75 Å². The molecule has 1 aromatic rings. The van der Waals surface area contributed by atoms with Crippen molar-refractivity contribution in [1.82, 2.24) is 10.2 Å². The Kier molecular flexibility index (Phi) is 6.99. The molecule has 1 aliphatic carbocycles. The summed E-state index contributed by atoms with van der Waals surface area (Å²) in [7, 11) is 3.60. The lowest BCUT2D eigenvalue weighted by atomic mass is 9.82. The van der Waals surface area contributed by atoms with E-state index in [1.165, 1.54) is 31.2 Å². The van der Waals surface area contributed by atoms with Crippen LogP contribution in [0.25, 0.3) is 0 Å². The van der Waals surface area contributed by atoms with Crippen LogP contribution in [-0.2, 0) is 6.54 Å². The highest BCUT2D eigenvalue weighted by atomic mass is 127. The Labute approximate surface area is 156 Å². The lowest BCUT2D eigenvalue weighted by molar-refractivity contribution is 0.299. The lowest BCUT2D eigenvalue weighted by Gasteiger charge is -2.22. The molecule has 23 heavy (non-hydrogen) atoms. The van der Waals surface area contributed by atoms with E-state index < -0.39 is 0 Å². The number of aliphatic imine (C=N–C) groups is 1. The number of benzene rings is 1. The van der Waals surface area contributed by atoms with Gasteiger partial charge < -0.3 is 15.0 Å². The van der Waals surface area contributed by atoms with E-state index in [1.807, 2.05) is 25.2 Å². The molecule has 2 unspecified atom stereocenters. The van der Waals surface area contributed by atoms with E-state index in [1.54, 1.807) is 7.11 Å². The van der Waals surface area contributed by atoms with Crippen molar-refractivity contribution in [3.63, 3.8) is 0 Å². The molecule has 1 aromatic carbocycles. The third-order valence-electron chi connectivity index (χ3n) is 5.12. The average Bonchev–Trinajstić information content (AvgIpc) is 2.99. The van der Waals surface area contributed by atoms with Crippen LogP contribution in [0.4, 0.5) is 0 Å². The van der Waals surface area contributed by atoms with Gasteiger partial charge in [0.15, 0.2) is 5.96 Å². The number of nitrogens with one attached hydrogen (secondary N) is 1. The minimum absolute atomic E-state index is 0. The Morgan fingerprint density at radius 1 is 1.22 bits per heavy atom. The SMILES string of the molecule is CN=C(NCc1ccccc1OC)N1CC2CCCCC2C1.I. The molecule has 3 rings (SSSR count). The predicted octanol–water partition coefficient (Wildman–Crippen LogP) is 3.51. The summed E-state index contributed by atoms with van der Waals surface area (Å²) in [6.45, 7) is 3.08. The van der Waals surface area contributed by atoms with Crippen LogP contribution >= 0.6 is 24.0 Å². The quantitative estimate of drug-likeness (QED) is 0.454. The fourth-order valence-corrected chi connectivity index (χ4v) is 3.93. The second-order valence-corrected chi connectivity index (χ2v) is 6.42. The van der Waals surface area contributed by atoms with Gasteiger partial charge in [-0.2, -0.15) is 0 Å². The van der Waals surface area contributed by atoms with Gasteiger partial charge in [0.1, 0.15) is 5.75 Å². The third-order valence-corrected chi connectivity index (χ3v) is 5.12. The van der Waals surface area contributed by atoms with E-state index in [-0.39, 0.29) is 24.0 Å². The maximum absolute atomic E-state index is 5.42. The maximum atomic E-state index is 5.42. The Morgan fingerprint density at radius 2 is 1.87 bits per heavy atom. The zero-order valence-corrected chi connectivity index (χ0v) is 16.5. The zero-order valence-electron chi connectivity index (χ0n) is 14.1. The van der Waals surface area contributed by atoms with Crippen molar-refractivity contribution in [2.75, 3.05) is 27.2 Å². The smallest absolute Gasteiger partial charge is 0.193 e. The normalized spacial score (nSPS) is 23.9. The molecule has 1 heterocycles. The molecule has 2 aliphatic rings. The van der Waals surface area contributed by atoms with Gasteiger partial charge in [-0.05, 0) is 30.7 Å². The van der Waals surface area contributed by atoms with Crippen molar-refractivity contribution in [2.45, 2.75) is 32.2 Å². The van der Waals surface area contributed by atoms with Gasteiger partial charge in [0.25, 0.3) is 0 Å². The molecule has 4 nitrogen and oxygen atoms in total. The van der Waals surface area contributed by atoms with Crippen molar-refractivity contribution in [1.29, 1.82) is 0 Å². The Hall–Kier alpha value is -0.980. The fraction of sp³-hybridized carbons (Fsp3) is 0.611. The van der Waals surface area contributed by atoms with Crippen molar-refractivity contribution in [2.24, 2.45) is 16.8 Å². The maximum Gasteiger partial charge on any atom is 0.193 e. The molecule has 128 valence electrons. The van der Waals surface area contributed by atoms with E-state index in [0.29, 0.717) is 0 Å². The molecule has 1 N–H and O–H groups in total. The van der Waals surface area contributed by atoms with E-state index in [4.69, 9.17) is 4.74 Å². The van der Waals surface area contributed by atoms with Crippen LogP contribution in [-0.4, -0.2) is 38.1 Å². The molecule has 1 saturated carbocycles. The van der Waals surface area contributed by atoms with Crippen LogP contribution in [0, 0.1) is 11.8 Å². The fourth-order valence-electron chi connectivity index (χ4n) is 3.93. The minimum Gasteiger partial charge on any atom is -0.496 e. The number of hydrogen-bond acceptors (Lipinski definition) is 2. The zero-order chi connectivity index (χ0) is 15.4. The van der Waals surface area contributed by atoms with Gasteiger partial charge in [-0.1, -0.05) is 31.0 Å². The number of fused-ring (bicyclic) bond motifs is 1. The molecular weight excluding hydrogens is 401 g/mol. The molecule has 0 spiro atoms. The number of methoxy groups -OCH3 is 1. The van der Waals surface area contributed by atoms with Gasteiger partial charge in [0.2, 0.25) is 0 Å². The number of halogens is 1. The van der Waals surface area contributed by atoms with Gasteiger partial charge in [-0.15, -0.1) is 24.0 Å². The summed E-state index contributed by atoms with van der Waals surface area (Å²) in [6, 6.07) is 8.15. The standard InChI is InChI=1S/C18H27N3O.HI/c1-19-18(20-11-14-7-5-6-10-17(14)22-2)21-12-15-8-3-4-9-16(15)13-21;/h5-7,10,15-16H,3-4,8-9,11-13H2,1-2H3,(H,19,20);1H. The summed E-state index contributed by atoms with van der Waals surface area (Å²) in [5.74, 6) is 3.71. The minimum atomic E-state index is 0. The van der Waals surface area contributed by atoms with E-state index in [2.05, 4.69) is 21.3 Å². The highest BCUT2D eigenvalue weighted by Crippen LogP contribution is 2.35. The second kappa shape index (κ2) is 8.76. The monoisotopic (exact) mass is 429 g/mol. The number of hydrogen-bond donors (Lipinski definition) is 1. The lowest BCUT2D eigenvalue weighted by Crippen LogP contribution is -2.39. The molecule has 1 aliphatic heterocycles. The molecular formula is C18H28IN3O. The van der Waals surface area contributed by atoms with Gasteiger partial charge >= 0.3 is 0 Å². The molecule has 5 heteroatoms. The van der Waals surface area contributed by atoms with Crippen LogP contribution in [0.15, 0.2) is 29.3 Å². The first-order valence-electron chi connectivity index (χ1n) is 8.39. The van der Waals surface area contributed by atoms with Crippen LogP contribution in [0.1, 0.15) is 31.2 Å². The average molecular weight is 429 g/mol. The number of ether oxygens (including phenoxy) is 1. The summed E-state index contributed by atoms with van der Waals surface area (Å²) < 4.78 is 5.42. The van der Waals surface area contributed by atoms with Crippen LogP contribution in [0.3, 0.4) is 0 Å². The highest BCUT2D eigenvalue weighted by molar-refractivity contribution is 14.0. The first-order chi connectivity index (χ1) is 10.8. The molecule has 2 fully saturated rings. The molecule has 0 aromatic heterocycles. The number of para-hydroxylation sites is 1. The van der Waals surface area contributed by atoms with Crippen LogP contribution < -0.4 is 10.1 Å². The number of likely N-dealkylation sites (tertiary alicyclic amines) is 1. The van der Waals surface area contributed by atoms with Gasteiger partial charge in [0, 0.05) is 32.2 Å². The Bertz CT molecular complexity index is 521. The second-order valence-electron chi connectivity index (χ2n) is 6.42. The topological polar surface area (TPSA) is 36.9 Å². The summed E-state index contributed by atoms with van der Waals surface area (Å²) in [6.07, 6.45) is 5.60. The summed E-state index contributed by atoms with van der Waals surface area (Å²) in [5.41, 5.74) is 1.17. The largest absolute Gasteiger partial charge is 0.496 e. The molecule has 2 atom stereocenters. The van der Waals surface area contributed by atoms with Crippen molar-refractivity contribution in [3.8, 4) is 5.75 Å². The van der Waals surface area contributed by atoms with Crippen molar-refractivity contribution in [3.05, 3.63) is 29.8 Å². The van der Waals surface area contributed by atoms with E-state index in [9.17, 15) is 0 Å². The van der Waals surface area contributed by atoms with Crippen molar-refractivity contribution < 1.29 is 4.74 Å². The van der Waals surface area contributed by atoms with E-state index in [0.717, 1.165) is 43.2 Å². The van der Waals surface area contributed by atoms with Crippen molar-refractivity contribution >= 4 is 29.9 Å². The molecule has 0 bridgehead atoms. The van der Waals surface area contributed by atoms with Gasteiger partial charge in [-0.25, -0.2) is 0 Å². The third kappa shape index (κ3) is 4.31. The number of nitrogens with zero attached hydrogens (tertiary/aromatic N) is 2. The number of rotatable bonds is 3. The molecule has 0 amide bonds. The van der Waals surface area contributed by atoms with Gasteiger partial charge in [0.05, 0.1) is 7.11 Å². The van der Waals surface area contributed by atoms with Crippen LogP contribution in [0.2, 0.25) is 0 Å². The number of guanidine groups is 1. The highest BCUT2D eigenvalue weighted by Gasteiger charge is 2.35. The van der Waals surface area contributed by atoms with E-state index >= 15 is 0 Å². The summed E-state index contributed by atoms with van der Waals surface area (Å²) >= 11 is 0. The first kappa shape index (κ1) is 18.4. The Morgan fingerprint density at radius 3 is 2.48 bits per heavy atom. The van der Waals surface area contributed by atoms with Gasteiger partial charge in [-0.3, -0.25) is 4.99 Å². The summed E-state index contributed by atoms with van der Waals surface area (Å²) in [5, 5.41) is 3.51. The first-order valence-corrected chi connectivity index (χ1v) is 8.39. The predicted molar refractivity (Wildman–Crippen MR) is 106 cm³/mol. The molecule has 0 radical (unpaired) electrons. The summed E-state index contributed by atoms with van der Waals surface area (Å²) in [4.78, 5) is 6.93.